The number of alkyl halides is 2. The van der Waals surface area contributed by atoms with Crippen LogP contribution in [0, 0.1) is 11.8 Å². The monoisotopic (exact) mass is 436 g/mol. The van der Waals surface area contributed by atoms with E-state index < -0.39 is 54.6 Å². The molecule has 1 fully saturated rings. The molecule has 1 aromatic heterocycles. The number of ether oxygens (including phenoxy) is 3. The van der Waals surface area contributed by atoms with Crippen molar-refractivity contribution >= 4 is 23.4 Å². The fourth-order valence-electron chi connectivity index (χ4n) is 2.66. The summed E-state index contributed by atoms with van der Waals surface area (Å²) in [6, 6.07) is 0. The lowest BCUT2D eigenvalue weighted by Crippen LogP contribution is -2.51. The average Bonchev–Trinajstić information content (AvgIpc) is 2.92. The van der Waals surface area contributed by atoms with Gasteiger partial charge in [0, 0.05) is 5.92 Å². The highest BCUT2D eigenvalue weighted by atomic mass is 35.5. The molecule has 0 aliphatic carbocycles. The highest BCUT2D eigenvalue weighted by Gasteiger charge is 2.59. The number of anilines is 1. The van der Waals surface area contributed by atoms with Crippen LogP contribution in [0.3, 0.4) is 0 Å². The lowest BCUT2D eigenvalue weighted by atomic mass is 9.98. The maximum atomic E-state index is 15.4. The molecule has 0 amide bonds. The highest BCUT2D eigenvalue weighted by molar-refractivity contribution is 6.18. The number of hydrogen-bond acceptors (Lipinski definition) is 9. The summed E-state index contributed by atoms with van der Waals surface area (Å²) in [6.07, 6.45) is -5.28. The Morgan fingerprint density at radius 2 is 2.14 bits per heavy atom. The zero-order valence-electron chi connectivity index (χ0n) is 16.6. The predicted octanol–water partition coefficient (Wildman–Crippen LogP) is 0.624. The normalized spacial score (nSPS) is 28.1. The van der Waals surface area contributed by atoms with Crippen molar-refractivity contribution in [1.82, 2.24) is 14.8 Å². The molecule has 0 radical (unpaired) electrons. The van der Waals surface area contributed by atoms with Crippen LogP contribution in [-0.2, 0) is 19.0 Å². The molecule has 0 bridgehead atoms. The summed E-state index contributed by atoms with van der Waals surface area (Å²) in [7, 11) is 0. The number of carbonyl (C=O) groups excluding carboxylic acids is 1. The number of nitrogen functional groups attached to an aromatic ring is 1. The molecule has 29 heavy (non-hydrogen) atoms. The van der Waals surface area contributed by atoms with Gasteiger partial charge in [-0.05, 0) is 0 Å². The van der Waals surface area contributed by atoms with Crippen LogP contribution >= 0.6 is 11.6 Å². The summed E-state index contributed by atoms with van der Waals surface area (Å²) in [5.41, 5.74) is 2.81. The standard InChI is InChI=1S/C17H26ClFN4O6/c1-8(2)14(24)27-7-17(6-18)12(28-15(25)9(3)4)11(19)13(29-17)23-16(26)22-10(20)5-21-23/h5,8-9,11-13,15,25H,6-7H2,1-4H3,(H2,20,22,26)/t11-,12+,13-,15?,17-/m1/s1. The topological polar surface area (TPSA) is 139 Å². The highest BCUT2D eigenvalue weighted by Crippen LogP contribution is 2.42. The molecule has 0 aromatic carbocycles. The van der Waals surface area contributed by atoms with Crippen molar-refractivity contribution in [3.63, 3.8) is 0 Å². The molecule has 1 saturated heterocycles. The van der Waals surface area contributed by atoms with Gasteiger partial charge in [-0.25, -0.2) is 9.18 Å². The number of halogens is 2. The molecule has 1 aliphatic heterocycles. The smallest absolute Gasteiger partial charge is 0.368 e. The van der Waals surface area contributed by atoms with Crippen LogP contribution in [0.1, 0.15) is 33.9 Å². The van der Waals surface area contributed by atoms with Gasteiger partial charge in [-0.3, -0.25) is 4.79 Å². The minimum absolute atomic E-state index is 0.142. The quantitative estimate of drug-likeness (QED) is 0.341. The Balaban J connectivity index is 2.40. The molecule has 3 N–H and O–H groups in total. The van der Waals surface area contributed by atoms with E-state index in [-0.39, 0.29) is 17.6 Å². The zero-order valence-corrected chi connectivity index (χ0v) is 17.4. The first kappa shape index (κ1) is 23.5. The van der Waals surface area contributed by atoms with E-state index in [9.17, 15) is 14.7 Å². The Bertz CT molecular complexity index is 779. The number of aromatic nitrogens is 3. The van der Waals surface area contributed by atoms with E-state index in [4.69, 9.17) is 31.5 Å². The van der Waals surface area contributed by atoms with Crippen molar-refractivity contribution in [2.24, 2.45) is 11.8 Å². The lowest BCUT2D eigenvalue weighted by Gasteiger charge is -2.33. The van der Waals surface area contributed by atoms with Gasteiger partial charge >= 0.3 is 11.7 Å². The third kappa shape index (κ3) is 5.03. The van der Waals surface area contributed by atoms with Crippen LogP contribution in [0.4, 0.5) is 10.2 Å². The molecule has 1 aromatic rings. The molecule has 2 rings (SSSR count). The number of hydrogen-bond donors (Lipinski definition) is 2. The van der Waals surface area contributed by atoms with Crippen LogP contribution in [0.5, 0.6) is 0 Å². The second-order valence-electron chi connectivity index (χ2n) is 7.51. The summed E-state index contributed by atoms with van der Waals surface area (Å²) in [4.78, 5) is 27.5. The van der Waals surface area contributed by atoms with Gasteiger partial charge in [0.1, 0.15) is 24.1 Å². The number of esters is 1. The fourth-order valence-corrected chi connectivity index (χ4v) is 2.95. The molecule has 164 valence electrons. The Labute approximate surface area is 172 Å². The first-order chi connectivity index (χ1) is 13.5. The van der Waals surface area contributed by atoms with Gasteiger partial charge in [-0.15, -0.1) is 11.6 Å². The number of rotatable bonds is 8. The number of nitrogens with zero attached hydrogens (tertiary/aromatic N) is 3. The van der Waals surface area contributed by atoms with Gasteiger partial charge in [-0.2, -0.15) is 14.8 Å². The van der Waals surface area contributed by atoms with E-state index in [0.29, 0.717) is 4.68 Å². The van der Waals surface area contributed by atoms with Gasteiger partial charge in [0.15, 0.2) is 18.7 Å². The molecule has 2 heterocycles. The maximum absolute atomic E-state index is 15.4. The fraction of sp³-hybridized carbons (Fsp3) is 0.765. The Hall–Kier alpha value is -1.82. The molecular weight excluding hydrogens is 411 g/mol. The van der Waals surface area contributed by atoms with Crippen LogP contribution < -0.4 is 11.4 Å². The predicted molar refractivity (Wildman–Crippen MR) is 101 cm³/mol. The molecule has 10 nitrogen and oxygen atoms in total. The van der Waals surface area contributed by atoms with Crippen LogP contribution in [0.2, 0.25) is 0 Å². The van der Waals surface area contributed by atoms with Crippen molar-refractivity contribution in [3.05, 3.63) is 16.7 Å². The Kier molecular flexibility index (Phi) is 7.55. The molecule has 1 unspecified atom stereocenters. The third-order valence-electron chi connectivity index (χ3n) is 4.42. The van der Waals surface area contributed by atoms with Crippen molar-refractivity contribution in [2.75, 3.05) is 18.2 Å². The molecule has 0 spiro atoms. The number of nitrogens with two attached hydrogens (primary N) is 1. The molecule has 12 heteroatoms. The zero-order chi connectivity index (χ0) is 21.9. The van der Waals surface area contributed by atoms with E-state index in [0.717, 1.165) is 6.20 Å². The number of aliphatic hydroxyl groups is 1. The molecule has 5 atom stereocenters. The summed E-state index contributed by atoms with van der Waals surface area (Å²) < 4.78 is 32.5. The van der Waals surface area contributed by atoms with Crippen molar-refractivity contribution in [3.8, 4) is 0 Å². The minimum Gasteiger partial charge on any atom is -0.462 e. The summed E-state index contributed by atoms with van der Waals surface area (Å²) in [5.74, 6) is -1.85. The first-order valence-corrected chi connectivity index (χ1v) is 9.65. The van der Waals surface area contributed by atoms with Crippen molar-refractivity contribution in [1.29, 1.82) is 0 Å². The van der Waals surface area contributed by atoms with E-state index in [1.165, 1.54) is 0 Å². The van der Waals surface area contributed by atoms with Gasteiger partial charge < -0.3 is 25.1 Å². The number of aliphatic hydroxyl groups excluding tert-OH is 1. The largest absolute Gasteiger partial charge is 0.462 e. The van der Waals surface area contributed by atoms with Gasteiger partial charge in [-0.1, -0.05) is 27.7 Å². The van der Waals surface area contributed by atoms with Gasteiger partial charge in [0.25, 0.3) is 0 Å². The van der Waals surface area contributed by atoms with E-state index >= 15 is 4.39 Å². The summed E-state index contributed by atoms with van der Waals surface area (Å²) in [5, 5.41) is 13.9. The third-order valence-corrected chi connectivity index (χ3v) is 4.88. The maximum Gasteiger partial charge on any atom is 0.368 e. The van der Waals surface area contributed by atoms with Gasteiger partial charge in [0.05, 0.1) is 18.0 Å². The lowest BCUT2D eigenvalue weighted by molar-refractivity contribution is -0.210. The summed E-state index contributed by atoms with van der Waals surface area (Å²) in [6.45, 7) is 6.15. The first-order valence-electron chi connectivity index (χ1n) is 9.11. The molecular formula is C17H26ClFN4O6. The van der Waals surface area contributed by atoms with Gasteiger partial charge in [0.2, 0.25) is 0 Å². The SMILES string of the molecule is CC(C)C(=O)OC[C@@]1(CCl)O[C@@H](n2ncc(N)nc2=O)[C@H](F)[C@@H]1OC(O)C(C)C. The van der Waals surface area contributed by atoms with Crippen LogP contribution in [-0.4, -0.2) is 62.5 Å². The molecule has 1 aliphatic rings. The minimum atomic E-state index is -1.98. The van der Waals surface area contributed by atoms with E-state index in [1.54, 1.807) is 27.7 Å². The molecule has 0 saturated carbocycles. The number of carbonyl (C=O) groups is 1. The Morgan fingerprint density at radius 1 is 1.48 bits per heavy atom. The van der Waals surface area contributed by atoms with E-state index in [1.807, 2.05) is 0 Å². The Morgan fingerprint density at radius 3 is 2.66 bits per heavy atom. The van der Waals surface area contributed by atoms with E-state index in [2.05, 4.69) is 10.1 Å². The van der Waals surface area contributed by atoms with Crippen molar-refractivity contribution < 1.29 is 28.5 Å². The summed E-state index contributed by atoms with van der Waals surface area (Å²) >= 11 is 6.08. The average molecular weight is 437 g/mol. The van der Waals surface area contributed by atoms with Crippen LogP contribution in [0.25, 0.3) is 0 Å². The van der Waals surface area contributed by atoms with Crippen molar-refractivity contribution in [2.45, 2.75) is 58.1 Å². The second kappa shape index (κ2) is 9.33. The second-order valence-corrected chi connectivity index (χ2v) is 7.78. The van der Waals surface area contributed by atoms with Crippen LogP contribution in [0.15, 0.2) is 11.0 Å².